The third kappa shape index (κ3) is 4.98. The Hall–Kier alpha value is -2.45. The second kappa shape index (κ2) is 10.4. The minimum atomic E-state index is -1.18. The van der Waals surface area contributed by atoms with Crippen LogP contribution in [0, 0.1) is 0 Å². The molecular formula is C26H38N4O4. The van der Waals surface area contributed by atoms with E-state index in [2.05, 4.69) is 4.90 Å². The number of ether oxygens (including phenoxy) is 1. The summed E-state index contributed by atoms with van der Waals surface area (Å²) in [7, 11) is 5.40. The minimum absolute atomic E-state index is 0.00658. The highest BCUT2D eigenvalue weighted by atomic mass is 16.5. The number of likely N-dealkylation sites (N-methyl/N-ethyl adjacent to an activating group) is 1. The summed E-state index contributed by atoms with van der Waals surface area (Å²) in [6.07, 6.45) is 5.13. The topological polar surface area (TPSA) is 73.4 Å². The molecule has 1 aliphatic carbocycles. The summed E-state index contributed by atoms with van der Waals surface area (Å²) in [5, 5.41) is 0. The molecule has 4 rings (SSSR count). The molecule has 186 valence electrons. The number of carbonyl (C=O) groups excluding carboxylic acids is 3. The monoisotopic (exact) mass is 470 g/mol. The summed E-state index contributed by atoms with van der Waals surface area (Å²) >= 11 is 0. The molecule has 8 nitrogen and oxygen atoms in total. The van der Waals surface area contributed by atoms with Gasteiger partial charge in [-0.15, -0.1) is 0 Å². The van der Waals surface area contributed by atoms with Crippen molar-refractivity contribution in [2.45, 2.75) is 50.0 Å². The maximum Gasteiger partial charge on any atom is 0.240 e. The zero-order valence-corrected chi connectivity index (χ0v) is 20.8. The van der Waals surface area contributed by atoms with E-state index in [1.165, 1.54) is 30.6 Å². The molecular weight excluding hydrogens is 432 g/mol. The molecule has 1 unspecified atom stereocenters. The fraction of sp³-hybridized carbons (Fsp3) is 0.654. The lowest BCUT2D eigenvalue weighted by molar-refractivity contribution is -0.143. The summed E-state index contributed by atoms with van der Waals surface area (Å²) in [5.74, 6) is 0.0741. The fourth-order valence-corrected chi connectivity index (χ4v) is 5.69. The molecule has 0 N–H and O–H groups in total. The van der Waals surface area contributed by atoms with Crippen molar-refractivity contribution < 1.29 is 19.1 Å². The van der Waals surface area contributed by atoms with Crippen LogP contribution in [0.2, 0.25) is 0 Å². The molecule has 3 fully saturated rings. The predicted octanol–water partition coefficient (Wildman–Crippen LogP) is 1.73. The zero-order chi connectivity index (χ0) is 24.3. The van der Waals surface area contributed by atoms with Crippen molar-refractivity contribution in [3.63, 3.8) is 0 Å². The molecule has 1 saturated carbocycles. The first-order valence-corrected chi connectivity index (χ1v) is 12.5. The van der Waals surface area contributed by atoms with Crippen molar-refractivity contribution in [3.05, 3.63) is 29.8 Å². The van der Waals surface area contributed by atoms with E-state index in [9.17, 15) is 14.4 Å². The van der Waals surface area contributed by atoms with E-state index in [1.54, 1.807) is 13.2 Å². The van der Waals surface area contributed by atoms with Gasteiger partial charge in [0.2, 0.25) is 17.7 Å². The summed E-state index contributed by atoms with van der Waals surface area (Å²) < 4.78 is 5.39. The van der Waals surface area contributed by atoms with E-state index in [0.717, 1.165) is 13.1 Å². The molecule has 34 heavy (non-hydrogen) atoms. The van der Waals surface area contributed by atoms with Crippen molar-refractivity contribution in [1.82, 2.24) is 19.6 Å². The second-order valence-electron chi connectivity index (χ2n) is 10.2. The van der Waals surface area contributed by atoms with E-state index >= 15 is 0 Å². The smallest absolute Gasteiger partial charge is 0.240 e. The quantitative estimate of drug-likeness (QED) is 0.539. The predicted molar refractivity (Wildman–Crippen MR) is 130 cm³/mol. The van der Waals surface area contributed by atoms with Crippen LogP contribution in [0.5, 0.6) is 5.75 Å². The lowest BCUT2D eigenvalue weighted by Gasteiger charge is -2.39. The Balaban J connectivity index is 1.54. The number of piperazine rings is 1. The number of hydrogen-bond acceptors (Lipinski definition) is 6. The maximum absolute atomic E-state index is 13.8. The Morgan fingerprint density at radius 3 is 2.47 bits per heavy atom. The minimum Gasteiger partial charge on any atom is -0.497 e. The average Bonchev–Trinajstić information content (AvgIpc) is 3.45. The van der Waals surface area contributed by atoms with Gasteiger partial charge in [-0.25, -0.2) is 0 Å². The molecule has 8 heteroatoms. The van der Waals surface area contributed by atoms with Crippen LogP contribution in [0.1, 0.15) is 44.1 Å². The lowest BCUT2D eigenvalue weighted by atomic mass is 9.75. The summed E-state index contributed by atoms with van der Waals surface area (Å²) in [6.45, 7) is 4.02. The first-order valence-electron chi connectivity index (χ1n) is 12.5. The van der Waals surface area contributed by atoms with Crippen LogP contribution in [0.15, 0.2) is 24.3 Å². The molecule has 1 aromatic carbocycles. The number of likely N-dealkylation sites (tertiary alicyclic amines) is 1. The summed E-state index contributed by atoms with van der Waals surface area (Å²) in [5.41, 5.74) is -0.507. The van der Waals surface area contributed by atoms with Crippen LogP contribution in [-0.4, -0.2) is 104 Å². The Bertz CT molecular complexity index is 906. The van der Waals surface area contributed by atoms with Gasteiger partial charge in [-0.3, -0.25) is 24.2 Å². The summed E-state index contributed by atoms with van der Waals surface area (Å²) in [6, 6.07) is 7.92. The van der Waals surface area contributed by atoms with Crippen LogP contribution in [-0.2, 0) is 19.8 Å². The molecule has 3 amide bonds. The van der Waals surface area contributed by atoms with Crippen molar-refractivity contribution in [2.24, 2.45) is 0 Å². The number of methoxy groups -OCH3 is 1. The van der Waals surface area contributed by atoms with Gasteiger partial charge in [0.15, 0.2) is 0 Å². The Morgan fingerprint density at radius 1 is 1.12 bits per heavy atom. The Labute approximate surface area is 202 Å². The third-order valence-electron chi connectivity index (χ3n) is 7.76. The van der Waals surface area contributed by atoms with Gasteiger partial charge in [0.05, 0.1) is 12.5 Å². The molecule has 2 aliphatic heterocycles. The van der Waals surface area contributed by atoms with Gasteiger partial charge >= 0.3 is 0 Å². The van der Waals surface area contributed by atoms with E-state index < -0.39 is 5.41 Å². The highest BCUT2D eigenvalue weighted by Crippen LogP contribution is 2.41. The standard InChI is InChI=1S/C26H38N4O4/c1-27(2)11-16-30-24(32)19-26(25(30)33,20-7-6-10-22(17-20)34-3)18-23(31)29-14-12-28(13-15-29)21-8-4-5-9-21/h6-7,10,17,21H,4-5,8-9,11-16,18-19H2,1-3H3. The second-order valence-corrected chi connectivity index (χ2v) is 10.2. The number of hydrogen-bond donors (Lipinski definition) is 0. The lowest BCUT2D eigenvalue weighted by Crippen LogP contribution is -2.53. The number of carbonyl (C=O) groups is 3. The number of nitrogens with zero attached hydrogens (tertiary/aromatic N) is 4. The van der Waals surface area contributed by atoms with Gasteiger partial charge < -0.3 is 14.5 Å². The molecule has 0 aromatic heterocycles. The average molecular weight is 471 g/mol. The number of amides is 3. The first kappa shape index (κ1) is 24.7. The van der Waals surface area contributed by atoms with E-state index in [-0.39, 0.29) is 30.6 Å². The first-order chi connectivity index (χ1) is 16.3. The van der Waals surface area contributed by atoms with E-state index in [0.29, 0.717) is 43.5 Å². The number of rotatable bonds is 8. The molecule has 1 aromatic rings. The number of imide groups is 1. The van der Waals surface area contributed by atoms with Crippen LogP contribution in [0.25, 0.3) is 0 Å². The van der Waals surface area contributed by atoms with Gasteiger partial charge in [0, 0.05) is 58.2 Å². The van der Waals surface area contributed by atoms with Gasteiger partial charge in [-0.1, -0.05) is 25.0 Å². The zero-order valence-electron chi connectivity index (χ0n) is 20.8. The fourth-order valence-electron chi connectivity index (χ4n) is 5.69. The van der Waals surface area contributed by atoms with Crippen LogP contribution < -0.4 is 4.74 Å². The maximum atomic E-state index is 13.8. The van der Waals surface area contributed by atoms with Crippen molar-refractivity contribution in [3.8, 4) is 5.75 Å². The molecule has 0 spiro atoms. The molecule has 2 saturated heterocycles. The van der Waals surface area contributed by atoms with Gasteiger partial charge in [0.1, 0.15) is 5.75 Å². The SMILES string of the molecule is COc1cccc(C2(CC(=O)N3CCN(C4CCCC4)CC3)CC(=O)N(CCN(C)C)C2=O)c1. The normalized spacial score (nSPS) is 24.5. The molecule has 2 heterocycles. The van der Waals surface area contributed by atoms with Gasteiger partial charge in [-0.05, 0) is 44.6 Å². The van der Waals surface area contributed by atoms with Gasteiger partial charge in [0.25, 0.3) is 0 Å². The Morgan fingerprint density at radius 2 is 1.82 bits per heavy atom. The van der Waals surface area contributed by atoms with E-state index in [1.807, 2.05) is 42.1 Å². The molecule has 0 radical (unpaired) electrons. The molecule has 0 bridgehead atoms. The van der Waals surface area contributed by atoms with Crippen molar-refractivity contribution in [2.75, 3.05) is 60.5 Å². The largest absolute Gasteiger partial charge is 0.497 e. The van der Waals surface area contributed by atoms with Crippen molar-refractivity contribution >= 4 is 17.7 Å². The summed E-state index contributed by atoms with van der Waals surface area (Å²) in [4.78, 5) is 48.0. The third-order valence-corrected chi connectivity index (χ3v) is 7.76. The van der Waals surface area contributed by atoms with Crippen LogP contribution in [0.4, 0.5) is 0 Å². The Kier molecular flexibility index (Phi) is 7.57. The highest BCUT2D eigenvalue weighted by molar-refractivity contribution is 6.10. The van der Waals surface area contributed by atoms with Gasteiger partial charge in [-0.2, -0.15) is 0 Å². The molecule has 3 aliphatic rings. The molecule has 1 atom stereocenters. The van der Waals surface area contributed by atoms with Crippen LogP contribution in [0.3, 0.4) is 0 Å². The van der Waals surface area contributed by atoms with E-state index in [4.69, 9.17) is 4.74 Å². The van der Waals surface area contributed by atoms with Crippen molar-refractivity contribution in [1.29, 1.82) is 0 Å². The number of benzene rings is 1. The van der Waals surface area contributed by atoms with Crippen LogP contribution >= 0.6 is 0 Å². The highest BCUT2D eigenvalue weighted by Gasteiger charge is 2.54.